The average Bonchev–Trinajstić information content (AvgIpc) is 2.02. The van der Waals surface area contributed by atoms with E-state index in [9.17, 15) is 13.2 Å². The molecule has 86 valence electrons. The van der Waals surface area contributed by atoms with E-state index < -0.39 is 12.8 Å². The molecule has 0 aromatic carbocycles. The molecular weight excluding hydrogens is 219 g/mol. The number of hydrogen-bond donors (Lipinski definition) is 0. The molecule has 6 heteroatoms. The van der Waals surface area contributed by atoms with E-state index in [0.29, 0.717) is 18.8 Å². The lowest BCUT2D eigenvalue weighted by Gasteiger charge is -2.14. The first kappa shape index (κ1) is 14.0. The Bertz CT molecular complexity index is 143. The molecule has 0 bridgehead atoms. The van der Waals surface area contributed by atoms with Crippen LogP contribution in [0.15, 0.2) is 0 Å². The first-order valence-electron chi connectivity index (χ1n) is 4.34. The van der Waals surface area contributed by atoms with Crippen LogP contribution in [-0.2, 0) is 4.74 Å². The maximum Gasteiger partial charge on any atom is 0.411 e. The molecule has 0 saturated carbocycles. The topological polar surface area (TPSA) is 12.5 Å². The summed E-state index contributed by atoms with van der Waals surface area (Å²) in [6.45, 7) is 0.407. The van der Waals surface area contributed by atoms with Gasteiger partial charge in [-0.25, -0.2) is 0 Å². The van der Waals surface area contributed by atoms with Crippen LogP contribution in [0.4, 0.5) is 13.2 Å². The van der Waals surface area contributed by atoms with E-state index >= 15 is 0 Å². The minimum atomic E-state index is -4.22. The lowest BCUT2D eigenvalue weighted by Crippen LogP contribution is -2.24. The second-order valence-electron chi connectivity index (χ2n) is 3.01. The highest BCUT2D eigenvalue weighted by Gasteiger charge is 2.27. The Morgan fingerprint density at radius 1 is 1.29 bits per heavy atom. The zero-order chi connectivity index (χ0) is 11.0. The second-order valence-corrected chi connectivity index (χ2v) is 3.39. The van der Waals surface area contributed by atoms with Crippen molar-refractivity contribution in [2.24, 2.45) is 0 Å². The normalized spacial score (nSPS) is 12.4. The minimum absolute atomic E-state index is 0.131. The molecule has 0 saturated heterocycles. The fraction of sp³-hybridized carbons (Fsp3) is 1.00. The summed E-state index contributed by atoms with van der Waals surface area (Å²) in [5.74, 6) is 0.528. The van der Waals surface area contributed by atoms with E-state index in [0.717, 1.165) is 6.54 Å². The molecule has 0 aliphatic heterocycles. The van der Waals surface area contributed by atoms with Crippen LogP contribution in [0.5, 0.6) is 0 Å². The van der Waals surface area contributed by atoms with Gasteiger partial charge in [-0.2, -0.15) is 13.2 Å². The summed E-state index contributed by atoms with van der Waals surface area (Å²) < 4.78 is 39.3. The number of rotatable bonds is 7. The number of alkyl halides is 4. The van der Waals surface area contributed by atoms with Crippen molar-refractivity contribution in [1.82, 2.24) is 4.90 Å². The van der Waals surface area contributed by atoms with Gasteiger partial charge in [-0.05, 0) is 13.5 Å². The maximum atomic E-state index is 11.6. The van der Waals surface area contributed by atoms with E-state index in [1.54, 1.807) is 0 Å². The average molecular weight is 234 g/mol. The van der Waals surface area contributed by atoms with Gasteiger partial charge in [-0.15, -0.1) is 11.6 Å². The van der Waals surface area contributed by atoms with Crippen molar-refractivity contribution in [3.05, 3.63) is 0 Å². The summed E-state index contributed by atoms with van der Waals surface area (Å²) in [6, 6.07) is 0. The molecule has 0 atom stereocenters. The predicted octanol–water partition coefficient (Wildman–Crippen LogP) is 2.13. The fourth-order valence-corrected chi connectivity index (χ4v) is 1.17. The first-order valence-corrected chi connectivity index (χ1v) is 4.88. The largest absolute Gasteiger partial charge is 0.411 e. The number of hydrogen-bond acceptors (Lipinski definition) is 2. The zero-order valence-corrected chi connectivity index (χ0v) is 8.87. The Balaban J connectivity index is 3.21. The molecule has 0 fully saturated rings. The molecule has 0 amide bonds. The van der Waals surface area contributed by atoms with Crippen molar-refractivity contribution >= 4 is 11.6 Å². The van der Waals surface area contributed by atoms with E-state index in [1.807, 2.05) is 11.9 Å². The van der Waals surface area contributed by atoms with Gasteiger partial charge in [-0.3, -0.25) is 0 Å². The van der Waals surface area contributed by atoms with Crippen molar-refractivity contribution in [1.29, 1.82) is 0 Å². The Morgan fingerprint density at radius 2 is 1.93 bits per heavy atom. The van der Waals surface area contributed by atoms with Crippen molar-refractivity contribution in [2.75, 3.05) is 39.2 Å². The summed E-state index contributed by atoms with van der Waals surface area (Å²) >= 11 is 5.47. The summed E-state index contributed by atoms with van der Waals surface area (Å²) in [6.07, 6.45) is -3.63. The Kier molecular flexibility index (Phi) is 7.31. The highest BCUT2D eigenvalue weighted by Crippen LogP contribution is 2.14. The van der Waals surface area contributed by atoms with Gasteiger partial charge in [0.25, 0.3) is 0 Å². The molecule has 0 rings (SSSR count). The van der Waals surface area contributed by atoms with Crippen molar-refractivity contribution in [3.8, 4) is 0 Å². The van der Waals surface area contributed by atoms with E-state index in [1.165, 1.54) is 0 Å². The van der Waals surface area contributed by atoms with Gasteiger partial charge < -0.3 is 9.64 Å². The van der Waals surface area contributed by atoms with Crippen LogP contribution < -0.4 is 0 Å². The summed E-state index contributed by atoms with van der Waals surface area (Å²) in [5, 5.41) is 0. The third kappa shape index (κ3) is 10.1. The minimum Gasteiger partial charge on any atom is -0.372 e. The fourth-order valence-electron chi connectivity index (χ4n) is 0.881. The lowest BCUT2D eigenvalue weighted by atomic mass is 10.4. The van der Waals surface area contributed by atoms with Crippen LogP contribution in [0.25, 0.3) is 0 Å². The Hall–Kier alpha value is -0.0000000000000000555. The van der Waals surface area contributed by atoms with Crippen molar-refractivity contribution in [2.45, 2.75) is 12.6 Å². The standard InChI is InChI=1S/C8H15ClF3NO/c1-13(5-3-9)4-2-6-14-7-8(10,11)12/h2-7H2,1H3. The predicted molar refractivity (Wildman–Crippen MR) is 49.7 cm³/mol. The van der Waals surface area contributed by atoms with E-state index in [4.69, 9.17) is 11.6 Å². The van der Waals surface area contributed by atoms with Crippen LogP contribution in [0, 0.1) is 0 Å². The Labute approximate surface area is 87.0 Å². The van der Waals surface area contributed by atoms with Gasteiger partial charge in [0.05, 0.1) is 0 Å². The van der Waals surface area contributed by atoms with Crippen LogP contribution in [-0.4, -0.2) is 50.3 Å². The molecular formula is C8H15ClF3NO. The maximum absolute atomic E-state index is 11.6. The van der Waals surface area contributed by atoms with Crippen LogP contribution in [0.2, 0.25) is 0 Å². The Morgan fingerprint density at radius 3 is 2.43 bits per heavy atom. The molecule has 0 aliphatic carbocycles. The molecule has 14 heavy (non-hydrogen) atoms. The quantitative estimate of drug-likeness (QED) is 0.493. The molecule has 0 aliphatic rings. The van der Waals surface area contributed by atoms with Gasteiger partial charge in [0, 0.05) is 25.6 Å². The highest BCUT2D eigenvalue weighted by atomic mass is 35.5. The first-order chi connectivity index (χ1) is 6.45. The summed E-state index contributed by atoms with van der Waals surface area (Å²) in [7, 11) is 1.87. The summed E-state index contributed by atoms with van der Waals surface area (Å²) in [4.78, 5) is 1.95. The second kappa shape index (κ2) is 7.31. The number of ether oxygens (including phenoxy) is 1. The third-order valence-electron chi connectivity index (χ3n) is 1.56. The smallest absolute Gasteiger partial charge is 0.372 e. The van der Waals surface area contributed by atoms with Crippen molar-refractivity contribution in [3.63, 3.8) is 0 Å². The van der Waals surface area contributed by atoms with Gasteiger partial charge in [-0.1, -0.05) is 0 Å². The molecule has 0 aromatic heterocycles. The van der Waals surface area contributed by atoms with Crippen LogP contribution >= 0.6 is 11.6 Å². The molecule has 0 spiro atoms. The van der Waals surface area contributed by atoms with Crippen LogP contribution in [0.1, 0.15) is 6.42 Å². The number of halogens is 4. The molecule has 2 nitrogen and oxygen atoms in total. The SMILES string of the molecule is CN(CCCl)CCCOCC(F)(F)F. The zero-order valence-electron chi connectivity index (χ0n) is 8.11. The lowest BCUT2D eigenvalue weighted by molar-refractivity contribution is -0.174. The molecule has 0 N–H and O–H groups in total. The summed E-state index contributed by atoms with van der Waals surface area (Å²) in [5.41, 5.74) is 0. The highest BCUT2D eigenvalue weighted by molar-refractivity contribution is 6.18. The van der Waals surface area contributed by atoms with Crippen molar-refractivity contribution < 1.29 is 17.9 Å². The van der Waals surface area contributed by atoms with E-state index in [-0.39, 0.29) is 6.61 Å². The molecule has 0 aromatic rings. The third-order valence-corrected chi connectivity index (χ3v) is 1.73. The van der Waals surface area contributed by atoms with Gasteiger partial charge in [0.2, 0.25) is 0 Å². The molecule has 0 unspecified atom stereocenters. The van der Waals surface area contributed by atoms with E-state index in [2.05, 4.69) is 4.74 Å². The number of nitrogens with zero attached hydrogens (tertiary/aromatic N) is 1. The molecule has 0 radical (unpaired) electrons. The van der Waals surface area contributed by atoms with Crippen LogP contribution in [0.3, 0.4) is 0 Å². The molecule has 0 heterocycles. The monoisotopic (exact) mass is 233 g/mol. The van der Waals surface area contributed by atoms with Gasteiger partial charge >= 0.3 is 6.18 Å². The van der Waals surface area contributed by atoms with Gasteiger partial charge in [0.15, 0.2) is 0 Å². The van der Waals surface area contributed by atoms with Gasteiger partial charge in [0.1, 0.15) is 6.61 Å².